The lowest BCUT2D eigenvalue weighted by Crippen LogP contribution is -2.42. The highest BCUT2D eigenvalue weighted by molar-refractivity contribution is 5.94. The van der Waals surface area contributed by atoms with Gasteiger partial charge in [-0.1, -0.05) is 0 Å². The SMILES string of the molecule is Cc1cc(C)nc(NC2CCN(C(=O)c3ccncc3)CC2)n1. The van der Waals surface area contributed by atoms with Crippen molar-refractivity contribution < 1.29 is 4.79 Å². The van der Waals surface area contributed by atoms with Crippen molar-refractivity contribution in [1.29, 1.82) is 0 Å². The highest BCUT2D eigenvalue weighted by atomic mass is 16.2. The summed E-state index contributed by atoms with van der Waals surface area (Å²) in [5, 5.41) is 3.39. The summed E-state index contributed by atoms with van der Waals surface area (Å²) in [4.78, 5) is 27.1. The molecule has 1 aliphatic heterocycles. The van der Waals surface area contributed by atoms with Crippen molar-refractivity contribution in [2.75, 3.05) is 18.4 Å². The van der Waals surface area contributed by atoms with Gasteiger partial charge in [0.05, 0.1) is 0 Å². The van der Waals surface area contributed by atoms with Gasteiger partial charge in [0, 0.05) is 48.5 Å². The van der Waals surface area contributed by atoms with E-state index in [-0.39, 0.29) is 5.91 Å². The van der Waals surface area contributed by atoms with Crippen LogP contribution >= 0.6 is 0 Å². The van der Waals surface area contributed by atoms with Gasteiger partial charge in [0.25, 0.3) is 5.91 Å². The van der Waals surface area contributed by atoms with Crippen LogP contribution < -0.4 is 5.32 Å². The molecule has 1 aliphatic rings. The first-order chi connectivity index (χ1) is 11.1. The smallest absolute Gasteiger partial charge is 0.253 e. The minimum absolute atomic E-state index is 0.0773. The molecule has 2 aromatic heterocycles. The largest absolute Gasteiger partial charge is 0.351 e. The fraction of sp³-hybridized carbons (Fsp3) is 0.412. The van der Waals surface area contributed by atoms with Crippen molar-refractivity contribution in [3.8, 4) is 0 Å². The number of likely N-dealkylation sites (tertiary alicyclic amines) is 1. The number of nitrogens with one attached hydrogen (secondary N) is 1. The third kappa shape index (κ3) is 3.83. The van der Waals surface area contributed by atoms with Gasteiger partial charge in [-0.3, -0.25) is 9.78 Å². The molecule has 2 aromatic rings. The Kier molecular flexibility index (Phi) is 4.50. The van der Waals surface area contributed by atoms with Gasteiger partial charge < -0.3 is 10.2 Å². The van der Waals surface area contributed by atoms with E-state index in [0.717, 1.165) is 37.3 Å². The summed E-state index contributed by atoms with van der Waals surface area (Å²) < 4.78 is 0. The molecular formula is C17H21N5O. The molecule has 0 aromatic carbocycles. The zero-order valence-corrected chi connectivity index (χ0v) is 13.5. The summed E-state index contributed by atoms with van der Waals surface area (Å²) in [6, 6.07) is 5.78. The molecule has 0 saturated carbocycles. The van der Waals surface area contributed by atoms with Crippen molar-refractivity contribution in [3.05, 3.63) is 47.5 Å². The van der Waals surface area contributed by atoms with Crippen LogP contribution in [0.5, 0.6) is 0 Å². The molecule has 6 heteroatoms. The van der Waals surface area contributed by atoms with Gasteiger partial charge in [-0.2, -0.15) is 0 Å². The summed E-state index contributed by atoms with van der Waals surface area (Å²) in [5.41, 5.74) is 2.62. The normalized spacial score (nSPS) is 15.5. The van der Waals surface area contributed by atoms with Crippen LogP contribution in [0.25, 0.3) is 0 Å². The van der Waals surface area contributed by atoms with Crippen molar-refractivity contribution in [2.45, 2.75) is 32.7 Å². The molecule has 0 radical (unpaired) electrons. The van der Waals surface area contributed by atoms with Crippen LogP contribution in [-0.4, -0.2) is 44.9 Å². The molecule has 3 rings (SSSR count). The fourth-order valence-electron chi connectivity index (χ4n) is 2.88. The van der Waals surface area contributed by atoms with E-state index >= 15 is 0 Å². The second kappa shape index (κ2) is 6.73. The van der Waals surface area contributed by atoms with Crippen LogP contribution in [0, 0.1) is 13.8 Å². The predicted octanol–water partition coefficient (Wildman–Crippen LogP) is 2.21. The minimum Gasteiger partial charge on any atom is -0.351 e. The summed E-state index contributed by atoms with van der Waals surface area (Å²) in [6.07, 6.45) is 5.10. The van der Waals surface area contributed by atoms with Crippen molar-refractivity contribution in [2.24, 2.45) is 0 Å². The van der Waals surface area contributed by atoms with E-state index < -0.39 is 0 Å². The topological polar surface area (TPSA) is 71.0 Å². The number of aryl methyl sites for hydroxylation is 2. The Morgan fingerprint density at radius 3 is 2.35 bits per heavy atom. The van der Waals surface area contributed by atoms with E-state index in [4.69, 9.17) is 0 Å². The monoisotopic (exact) mass is 311 g/mol. The Labute approximate surface area is 136 Å². The summed E-state index contributed by atoms with van der Waals surface area (Å²) >= 11 is 0. The van der Waals surface area contributed by atoms with Gasteiger partial charge in [0.2, 0.25) is 5.95 Å². The van der Waals surface area contributed by atoms with Crippen molar-refractivity contribution in [3.63, 3.8) is 0 Å². The first-order valence-electron chi connectivity index (χ1n) is 7.90. The van der Waals surface area contributed by atoms with E-state index in [1.165, 1.54) is 0 Å². The van der Waals surface area contributed by atoms with Crippen LogP contribution in [0.3, 0.4) is 0 Å². The Bertz CT molecular complexity index is 660. The van der Waals surface area contributed by atoms with Crippen LogP contribution in [-0.2, 0) is 0 Å². The zero-order chi connectivity index (χ0) is 16.2. The van der Waals surface area contributed by atoms with Crippen molar-refractivity contribution in [1.82, 2.24) is 19.9 Å². The highest BCUT2D eigenvalue weighted by Gasteiger charge is 2.24. The maximum atomic E-state index is 12.4. The summed E-state index contributed by atoms with van der Waals surface area (Å²) in [5.74, 6) is 0.759. The lowest BCUT2D eigenvalue weighted by molar-refractivity contribution is 0.0718. The maximum absolute atomic E-state index is 12.4. The molecule has 0 atom stereocenters. The molecule has 23 heavy (non-hydrogen) atoms. The van der Waals surface area contributed by atoms with E-state index in [1.54, 1.807) is 24.5 Å². The zero-order valence-electron chi connectivity index (χ0n) is 13.5. The van der Waals surface area contributed by atoms with Gasteiger partial charge in [-0.25, -0.2) is 9.97 Å². The van der Waals surface area contributed by atoms with Crippen LogP contribution in [0.1, 0.15) is 34.6 Å². The third-order valence-electron chi connectivity index (χ3n) is 4.02. The van der Waals surface area contributed by atoms with Gasteiger partial charge in [0.1, 0.15) is 0 Å². The molecule has 3 heterocycles. The van der Waals surface area contributed by atoms with E-state index in [1.807, 2.05) is 24.8 Å². The Hall–Kier alpha value is -2.50. The number of anilines is 1. The number of carbonyl (C=O) groups is 1. The first-order valence-corrected chi connectivity index (χ1v) is 7.90. The molecule has 0 aliphatic carbocycles. The van der Waals surface area contributed by atoms with Crippen LogP contribution in [0.4, 0.5) is 5.95 Å². The number of hydrogen-bond donors (Lipinski definition) is 1. The Morgan fingerprint density at radius 2 is 1.74 bits per heavy atom. The van der Waals surface area contributed by atoms with Crippen LogP contribution in [0.2, 0.25) is 0 Å². The molecule has 120 valence electrons. The average molecular weight is 311 g/mol. The van der Waals surface area contributed by atoms with Gasteiger partial charge >= 0.3 is 0 Å². The molecule has 1 fully saturated rings. The number of amides is 1. The van der Waals surface area contributed by atoms with Crippen LogP contribution in [0.15, 0.2) is 30.6 Å². The molecule has 6 nitrogen and oxygen atoms in total. The third-order valence-corrected chi connectivity index (χ3v) is 4.02. The number of carbonyl (C=O) groups excluding carboxylic acids is 1. The quantitative estimate of drug-likeness (QED) is 0.941. The number of pyridine rings is 1. The molecule has 0 spiro atoms. The summed E-state index contributed by atoms with van der Waals surface area (Å²) in [6.45, 7) is 5.42. The Morgan fingerprint density at radius 1 is 1.13 bits per heavy atom. The minimum atomic E-state index is 0.0773. The standard InChI is InChI=1S/C17H21N5O/c1-12-11-13(2)20-17(19-12)21-15-5-9-22(10-6-15)16(23)14-3-7-18-8-4-14/h3-4,7-8,11,15H,5-6,9-10H2,1-2H3,(H,19,20,21). The number of aromatic nitrogens is 3. The van der Waals surface area contributed by atoms with Gasteiger partial charge in [-0.15, -0.1) is 0 Å². The van der Waals surface area contributed by atoms with Gasteiger partial charge in [0.15, 0.2) is 0 Å². The summed E-state index contributed by atoms with van der Waals surface area (Å²) in [7, 11) is 0. The van der Waals surface area contributed by atoms with Gasteiger partial charge in [-0.05, 0) is 44.9 Å². The molecule has 0 unspecified atom stereocenters. The molecule has 1 saturated heterocycles. The van der Waals surface area contributed by atoms with E-state index in [0.29, 0.717) is 17.6 Å². The number of rotatable bonds is 3. The highest BCUT2D eigenvalue weighted by Crippen LogP contribution is 2.17. The second-order valence-corrected chi connectivity index (χ2v) is 5.92. The number of nitrogens with zero attached hydrogens (tertiary/aromatic N) is 4. The molecule has 1 amide bonds. The molecule has 1 N–H and O–H groups in total. The van der Waals surface area contributed by atoms with E-state index in [9.17, 15) is 4.79 Å². The molecular weight excluding hydrogens is 290 g/mol. The predicted molar refractivity (Wildman–Crippen MR) is 88.3 cm³/mol. The second-order valence-electron chi connectivity index (χ2n) is 5.92. The average Bonchev–Trinajstić information content (AvgIpc) is 2.55. The van der Waals surface area contributed by atoms with Crippen molar-refractivity contribution >= 4 is 11.9 Å². The fourth-order valence-corrected chi connectivity index (χ4v) is 2.88. The Balaban J connectivity index is 1.57. The number of piperidine rings is 1. The number of hydrogen-bond acceptors (Lipinski definition) is 5. The first kappa shape index (κ1) is 15.4. The lowest BCUT2D eigenvalue weighted by atomic mass is 10.0. The lowest BCUT2D eigenvalue weighted by Gasteiger charge is -2.32. The maximum Gasteiger partial charge on any atom is 0.253 e. The van der Waals surface area contributed by atoms with E-state index in [2.05, 4.69) is 20.3 Å². The molecule has 0 bridgehead atoms.